The largest absolute Gasteiger partial charge is 0.463 e. The number of likely N-dealkylation sites (tertiary alicyclic amines) is 1. The fourth-order valence-corrected chi connectivity index (χ4v) is 3.95. The summed E-state index contributed by atoms with van der Waals surface area (Å²) < 4.78 is 5.66. The number of nitrogens with one attached hydrogen (secondary N) is 3. The first kappa shape index (κ1) is 20.1. The van der Waals surface area contributed by atoms with E-state index >= 15 is 0 Å². The van der Waals surface area contributed by atoms with Crippen molar-refractivity contribution in [2.75, 3.05) is 19.6 Å². The Labute approximate surface area is 166 Å². The van der Waals surface area contributed by atoms with Crippen LogP contribution in [0.3, 0.4) is 0 Å². The SMILES string of the molecule is CC(=O)N[C@@H](CC(=O)NC[C@@H](c1ccco1)[NH+]1CCCCC1)c1ccccc1. The minimum Gasteiger partial charge on any atom is -0.463 e. The quantitative estimate of drug-likeness (QED) is 0.649. The third-order valence-electron chi connectivity index (χ3n) is 5.35. The van der Waals surface area contributed by atoms with Crippen LogP contribution in [0.15, 0.2) is 53.1 Å². The standard InChI is InChI=1S/C22H29N3O3/c1-17(26)24-19(18-9-4-2-5-10-18)15-22(27)23-16-20(21-11-8-14-28-21)25-12-6-3-7-13-25/h2,4-5,8-11,14,19-20H,3,6-7,12-13,15-16H2,1H3,(H,23,27)(H,24,26)/p+1/t19-,20-/m0/s1. The zero-order chi connectivity index (χ0) is 19.8. The van der Waals surface area contributed by atoms with Crippen LogP contribution >= 0.6 is 0 Å². The molecule has 28 heavy (non-hydrogen) atoms. The highest BCUT2D eigenvalue weighted by atomic mass is 16.3. The maximum Gasteiger partial charge on any atom is 0.222 e. The lowest BCUT2D eigenvalue weighted by Gasteiger charge is -2.30. The predicted octanol–water partition coefficient (Wildman–Crippen LogP) is 1.77. The molecule has 0 unspecified atom stereocenters. The van der Waals surface area contributed by atoms with Gasteiger partial charge < -0.3 is 20.0 Å². The molecule has 0 aliphatic carbocycles. The molecule has 3 N–H and O–H groups in total. The summed E-state index contributed by atoms with van der Waals surface area (Å²) in [7, 11) is 0. The van der Waals surface area contributed by atoms with E-state index in [1.807, 2.05) is 42.5 Å². The van der Waals surface area contributed by atoms with Gasteiger partial charge in [0.15, 0.2) is 11.8 Å². The first-order chi connectivity index (χ1) is 13.6. The molecule has 0 radical (unpaired) electrons. The summed E-state index contributed by atoms with van der Waals surface area (Å²) in [6, 6.07) is 13.3. The van der Waals surface area contributed by atoms with Crippen molar-refractivity contribution < 1.29 is 18.9 Å². The molecule has 150 valence electrons. The molecule has 1 fully saturated rings. The number of rotatable bonds is 8. The maximum atomic E-state index is 12.7. The Kier molecular flexibility index (Phi) is 7.25. The molecular weight excluding hydrogens is 354 g/mol. The molecule has 2 heterocycles. The van der Waals surface area contributed by atoms with Gasteiger partial charge in [0.05, 0.1) is 38.4 Å². The molecule has 1 aliphatic heterocycles. The average molecular weight is 385 g/mol. The van der Waals surface area contributed by atoms with E-state index in [9.17, 15) is 9.59 Å². The Balaban J connectivity index is 1.62. The van der Waals surface area contributed by atoms with E-state index in [4.69, 9.17) is 4.42 Å². The molecule has 2 aromatic rings. The fourth-order valence-electron chi connectivity index (χ4n) is 3.95. The molecule has 6 nitrogen and oxygen atoms in total. The third-order valence-corrected chi connectivity index (χ3v) is 5.35. The van der Waals surface area contributed by atoms with Crippen molar-refractivity contribution in [3.63, 3.8) is 0 Å². The number of piperidine rings is 1. The fraction of sp³-hybridized carbons (Fsp3) is 0.455. The number of furan rings is 1. The molecule has 3 rings (SSSR count). The smallest absolute Gasteiger partial charge is 0.222 e. The predicted molar refractivity (Wildman–Crippen MR) is 107 cm³/mol. The summed E-state index contributed by atoms with van der Waals surface area (Å²) in [4.78, 5) is 25.7. The van der Waals surface area contributed by atoms with Crippen molar-refractivity contribution in [2.45, 2.75) is 44.7 Å². The van der Waals surface area contributed by atoms with Gasteiger partial charge in [-0.15, -0.1) is 0 Å². The van der Waals surface area contributed by atoms with E-state index < -0.39 is 0 Å². The Bertz CT molecular complexity index is 740. The first-order valence-corrected chi connectivity index (χ1v) is 10.1. The van der Waals surface area contributed by atoms with Crippen LogP contribution in [0.4, 0.5) is 0 Å². The van der Waals surface area contributed by atoms with Crippen LogP contribution in [-0.4, -0.2) is 31.4 Å². The second-order valence-electron chi connectivity index (χ2n) is 7.46. The highest BCUT2D eigenvalue weighted by Crippen LogP contribution is 2.17. The highest BCUT2D eigenvalue weighted by molar-refractivity contribution is 5.79. The molecule has 1 aromatic carbocycles. The molecule has 0 saturated carbocycles. The van der Waals surface area contributed by atoms with Crippen molar-refractivity contribution >= 4 is 11.8 Å². The minimum absolute atomic E-state index is 0.0735. The zero-order valence-electron chi connectivity index (χ0n) is 16.4. The number of hydrogen-bond acceptors (Lipinski definition) is 3. The second-order valence-corrected chi connectivity index (χ2v) is 7.46. The number of benzene rings is 1. The van der Waals surface area contributed by atoms with Crippen LogP contribution in [0, 0.1) is 0 Å². The lowest BCUT2D eigenvalue weighted by atomic mass is 10.0. The summed E-state index contributed by atoms with van der Waals surface area (Å²) in [5, 5.41) is 5.95. The Morgan fingerprint density at radius 3 is 2.46 bits per heavy atom. The topological polar surface area (TPSA) is 75.8 Å². The van der Waals surface area contributed by atoms with Gasteiger partial charge in [0.2, 0.25) is 11.8 Å². The van der Waals surface area contributed by atoms with Crippen LogP contribution in [0.1, 0.15) is 56.0 Å². The van der Waals surface area contributed by atoms with Crippen LogP contribution in [-0.2, 0) is 9.59 Å². The van der Waals surface area contributed by atoms with Crippen molar-refractivity contribution in [3.05, 3.63) is 60.1 Å². The monoisotopic (exact) mass is 384 g/mol. The Morgan fingerprint density at radius 2 is 1.82 bits per heavy atom. The molecule has 2 atom stereocenters. The summed E-state index contributed by atoms with van der Waals surface area (Å²) in [6.45, 7) is 4.20. The van der Waals surface area contributed by atoms with E-state index in [0.717, 1.165) is 24.4 Å². The van der Waals surface area contributed by atoms with Crippen molar-refractivity contribution in [1.82, 2.24) is 10.6 Å². The van der Waals surface area contributed by atoms with Crippen LogP contribution in [0.25, 0.3) is 0 Å². The summed E-state index contributed by atoms with van der Waals surface area (Å²) in [5.41, 5.74) is 0.928. The van der Waals surface area contributed by atoms with Crippen molar-refractivity contribution in [2.24, 2.45) is 0 Å². The number of carbonyl (C=O) groups is 2. The average Bonchev–Trinajstić information content (AvgIpc) is 3.23. The lowest BCUT2D eigenvalue weighted by Crippen LogP contribution is -3.13. The van der Waals surface area contributed by atoms with E-state index in [1.54, 1.807) is 6.26 Å². The number of carbonyl (C=O) groups excluding carboxylic acids is 2. The molecule has 6 heteroatoms. The molecular formula is C22H30N3O3+. The Morgan fingerprint density at radius 1 is 1.07 bits per heavy atom. The summed E-state index contributed by atoms with van der Waals surface area (Å²) >= 11 is 0. The van der Waals surface area contributed by atoms with Gasteiger partial charge in [-0.2, -0.15) is 0 Å². The van der Waals surface area contributed by atoms with Gasteiger partial charge in [0.1, 0.15) is 0 Å². The second kappa shape index (κ2) is 10.1. The number of hydrogen-bond donors (Lipinski definition) is 3. The van der Waals surface area contributed by atoms with Gasteiger partial charge >= 0.3 is 0 Å². The van der Waals surface area contributed by atoms with Gasteiger partial charge in [-0.1, -0.05) is 30.3 Å². The van der Waals surface area contributed by atoms with Gasteiger partial charge in [-0.05, 0) is 37.0 Å². The van der Waals surface area contributed by atoms with Crippen molar-refractivity contribution in [3.8, 4) is 0 Å². The first-order valence-electron chi connectivity index (χ1n) is 10.1. The van der Waals surface area contributed by atoms with Gasteiger partial charge in [0.25, 0.3) is 0 Å². The highest BCUT2D eigenvalue weighted by Gasteiger charge is 2.29. The molecule has 0 bridgehead atoms. The van der Waals surface area contributed by atoms with Crippen LogP contribution < -0.4 is 15.5 Å². The van der Waals surface area contributed by atoms with Gasteiger partial charge in [0, 0.05) is 6.92 Å². The normalized spacial score (nSPS) is 16.9. The van der Waals surface area contributed by atoms with E-state index in [2.05, 4.69) is 10.6 Å². The van der Waals surface area contributed by atoms with E-state index in [0.29, 0.717) is 6.54 Å². The van der Waals surface area contributed by atoms with Crippen LogP contribution in [0.5, 0.6) is 0 Å². The molecule has 1 aliphatic rings. The zero-order valence-corrected chi connectivity index (χ0v) is 16.4. The van der Waals surface area contributed by atoms with E-state index in [1.165, 1.54) is 31.1 Å². The minimum atomic E-state index is -0.330. The molecule has 1 aromatic heterocycles. The lowest BCUT2D eigenvalue weighted by molar-refractivity contribution is -0.936. The molecule has 2 amide bonds. The number of amides is 2. The Hall–Kier alpha value is -2.60. The van der Waals surface area contributed by atoms with E-state index in [-0.39, 0.29) is 30.3 Å². The van der Waals surface area contributed by atoms with Gasteiger partial charge in [-0.3, -0.25) is 9.59 Å². The van der Waals surface area contributed by atoms with Crippen molar-refractivity contribution in [1.29, 1.82) is 0 Å². The number of quaternary nitrogens is 1. The summed E-state index contributed by atoms with van der Waals surface area (Å²) in [5.74, 6) is 0.696. The molecule has 1 saturated heterocycles. The third kappa shape index (κ3) is 5.70. The summed E-state index contributed by atoms with van der Waals surface area (Å²) in [6.07, 6.45) is 5.59. The van der Waals surface area contributed by atoms with Crippen LogP contribution in [0.2, 0.25) is 0 Å². The van der Waals surface area contributed by atoms with Gasteiger partial charge in [-0.25, -0.2) is 0 Å². The molecule has 0 spiro atoms. The maximum absolute atomic E-state index is 12.7.